The fraction of sp³-hybridized carbons (Fsp3) is 0.727. The van der Waals surface area contributed by atoms with Gasteiger partial charge in [-0.25, -0.2) is 13.1 Å². The molecule has 17 heavy (non-hydrogen) atoms. The van der Waals surface area contributed by atoms with Crippen molar-refractivity contribution in [2.24, 2.45) is 0 Å². The zero-order valence-electron chi connectivity index (χ0n) is 9.67. The standard InChI is InChI=1S/C11H17N3O2S/c12-11-6-10(8-2-1-3-8)13-14(11)9-4-5-17(15,16)7-9/h6,8-9H,1-5,7,12H2. The van der Waals surface area contributed by atoms with E-state index in [1.165, 1.54) is 19.3 Å². The van der Waals surface area contributed by atoms with E-state index in [0.29, 0.717) is 18.2 Å². The Labute approximate surface area is 101 Å². The second-order valence-electron chi connectivity index (χ2n) is 5.12. The molecule has 3 rings (SSSR count). The number of sulfone groups is 1. The molecule has 0 spiro atoms. The quantitative estimate of drug-likeness (QED) is 0.858. The first-order valence-electron chi connectivity index (χ1n) is 6.10. The molecule has 0 aromatic carbocycles. The van der Waals surface area contributed by atoms with Crippen LogP contribution in [-0.2, 0) is 9.84 Å². The van der Waals surface area contributed by atoms with Gasteiger partial charge in [-0.3, -0.25) is 0 Å². The van der Waals surface area contributed by atoms with Gasteiger partial charge in [-0.2, -0.15) is 5.10 Å². The number of rotatable bonds is 2. The second-order valence-corrected chi connectivity index (χ2v) is 7.35. The van der Waals surface area contributed by atoms with Gasteiger partial charge in [0.25, 0.3) is 0 Å². The summed E-state index contributed by atoms with van der Waals surface area (Å²) in [6.07, 6.45) is 4.26. The van der Waals surface area contributed by atoms with E-state index in [1.54, 1.807) is 4.68 Å². The average Bonchev–Trinajstić information content (AvgIpc) is 2.67. The van der Waals surface area contributed by atoms with Crippen molar-refractivity contribution in [2.75, 3.05) is 17.2 Å². The lowest BCUT2D eigenvalue weighted by atomic mass is 9.83. The van der Waals surface area contributed by atoms with Crippen LogP contribution in [-0.4, -0.2) is 29.7 Å². The Morgan fingerprint density at radius 2 is 2.12 bits per heavy atom. The first-order valence-corrected chi connectivity index (χ1v) is 7.93. The summed E-state index contributed by atoms with van der Waals surface area (Å²) in [7, 11) is -2.88. The smallest absolute Gasteiger partial charge is 0.152 e. The fourth-order valence-corrected chi connectivity index (χ4v) is 4.28. The highest BCUT2D eigenvalue weighted by atomic mass is 32.2. The Kier molecular flexibility index (Phi) is 2.43. The number of hydrogen-bond acceptors (Lipinski definition) is 4. The van der Waals surface area contributed by atoms with Crippen molar-refractivity contribution < 1.29 is 8.42 Å². The van der Waals surface area contributed by atoms with Gasteiger partial charge < -0.3 is 5.73 Å². The molecule has 0 bridgehead atoms. The van der Waals surface area contributed by atoms with Crippen molar-refractivity contribution in [2.45, 2.75) is 37.6 Å². The SMILES string of the molecule is Nc1cc(C2CCC2)nn1C1CCS(=O)(=O)C1. The van der Waals surface area contributed by atoms with E-state index in [-0.39, 0.29) is 17.5 Å². The largest absolute Gasteiger partial charge is 0.384 e. The molecule has 1 aromatic heterocycles. The van der Waals surface area contributed by atoms with Gasteiger partial charge in [-0.1, -0.05) is 6.42 Å². The van der Waals surface area contributed by atoms with Crippen LogP contribution in [0.25, 0.3) is 0 Å². The van der Waals surface area contributed by atoms with Crippen LogP contribution in [0.4, 0.5) is 5.82 Å². The molecule has 1 atom stereocenters. The van der Waals surface area contributed by atoms with E-state index < -0.39 is 9.84 Å². The Hall–Kier alpha value is -1.04. The molecule has 6 heteroatoms. The summed E-state index contributed by atoms with van der Waals surface area (Å²) < 4.78 is 24.6. The maximum absolute atomic E-state index is 11.5. The minimum Gasteiger partial charge on any atom is -0.384 e. The Bertz CT molecular complexity index is 531. The Morgan fingerprint density at radius 3 is 2.65 bits per heavy atom. The maximum Gasteiger partial charge on any atom is 0.152 e. The Morgan fingerprint density at radius 1 is 1.35 bits per heavy atom. The molecule has 1 saturated heterocycles. The van der Waals surface area contributed by atoms with Crippen LogP contribution in [0.3, 0.4) is 0 Å². The van der Waals surface area contributed by atoms with E-state index in [0.717, 1.165) is 5.69 Å². The highest BCUT2D eigenvalue weighted by molar-refractivity contribution is 7.91. The lowest BCUT2D eigenvalue weighted by molar-refractivity contribution is 0.400. The molecule has 1 aromatic rings. The molecular weight excluding hydrogens is 238 g/mol. The van der Waals surface area contributed by atoms with Gasteiger partial charge in [0.2, 0.25) is 0 Å². The maximum atomic E-state index is 11.5. The van der Waals surface area contributed by atoms with Gasteiger partial charge in [0.1, 0.15) is 5.82 Å². The van der Waals surface area contributed by atoms with Crippen molar-refractivity contribution in [3.05, 3.63) is 11.8 Å². The van der Waals surface area contributed by atoms with E-state index in [1.807, 2.05) is 6.07 Å². The van der Waals surface area contributed by atoms with Crippen molar-refractivity contribution >= 4 is 15.7 Å². The van der Waals surface area contributed by atoms with E-state index >= 15 is 0 Å². The highest BCUT2D eigenvalue weighted by Crippen LogP contribution is 2.37. The molecule has 2 fully saturated rings. The third kappa shape index (κ3) is 1.94. The zero-order chi connectivity index (χ0) is 12.0. The third-order valence-corrected chi connectivity index (χ3v) is 5.61. The predicted octanol–water partition coefficient (Wildman–Crippen LogP) is 1.09. The minimum atomic E-state index is -2.88. The first kappa shape index (κ1) is 11.1. The summed E-state index contributed by atoms with van der Waals surface area (Å²) in [5.41, 5.74) is 6.97. The van der Waals surface area contributed by atoms with Gasteiger partial charge in [0.15, 0.2) is 9.84 Å². The number of nitrogen functional groups attached to an aromatic ring is 1. The van der Waals surface area contributed by atoms with Gasteiger partial charge >= 0.3 is 0 Å². The molecule has 2 heterocycles. The summed E-state index contributed by atoms with van der Waals surface area (Å²) in [5.74, 6) is 1.59. The second kappa shape index (κ2) is 3.73. The van der Waals surface area contributed by atoms with Crippen LogP contribution in [0.5, 0.6) is 0 Å². The number of anilines is 1. The number of aromatic nitrogens is 2. The van der Waals surface area contributed by atoms with Crippen LogP contribution in [0, 0.1) is 0 Å². The normalized spacial score (nSPS) is 28.1. The van der Waals surface area contributed by atoms with Crippen molar-refractivity contribution in [1.82, 2.24) is 9.78 Å². The van der Waals surface area contributed by atoms with Crippen molar-refractivity contribution in [3.8, 4) is 0 Å². The average molecular weight is 255 g/mol. The number of nitrogens with zero attached hydrogens (tertiary/aromatic N) is 2. The van der Waals surface area contributed by atoms with Gasteiger partial charge in [-0.05, 0) is 19.3 Å². The highest BCUT2D eigenvalue weighted by Gasteiger charge is 2.32. The minimum absolute atomic E-state index is 0.0613. The first-order chi connectivity index (χ1) is 8.05. The third-order valence-electron chi connectivity index (χ3n) is 3.86. The topological polar surface area (TPSA) is 78.0 Å². The molecule has 1 aliphatic heterocycles. The molecule has 0 amide bonds. The molecule has 2 N–H and O–H groups in total. The van der Waals surface area contributed by atoms with Crippen LogP contribution < -0.4 is 5.73 Å². The molecule has 1 aliphatic carbocycles. The van der Waals surface area contributed by atoms with Crippen LogP contribution in [0.1, 0.15) is 43.3 Å². The summed E-state index contributed by atoms with van der Waals surface area (Å²) in [6.45, 7) is 0. The zero-order valence-corrected chi connectivity index (χ0v) is 10.5. The molecule has 94 valence electrons. The van der Waals surface area contributed by atoms with E-state index in [4.69, 9.17) is 5.73 Å². The van der Waals surface area contributed by atoms with E-state index in [2.05, 4.69) is 5.10 Å². The summed E-state index contributed by atoms with van der Waals surface area (Å²) in [4.78, 5) is 0. The molecule has 2 aliphatic rings. The van der Waals surface area contributed by atoms with Gasteiger partial charge in [0.05, 0.1) is 23.2 Å². The molecule has 5 nitrogen and oxygen atoms in total. The van der Waals surface area contributed by atoms with Crippen LogP contribution >= 0.6 is 0 Å². The summed E-state index contributed by atoms with van der Waals surface area (Å²) in [6, 6.07) is 1.85. The summed E-state index contributed by atoms with van der Waals surface area (Å²) in [5, 5.41) is 4.51. The van der Waals surface area contributed by atoms with Crippen molar-refractivity contribution in [1.29, 1.82) is 0 Å². The monoisotopic (exact) mass is 255 g/mol. The van der Waals surface area contributed by atoms with Crippen LogP contribution in [0.2, 0.25) is 0 Å². The van der Waals surface area contributed by atoms with Gasteiger partial charge in [0, 0.05) is 12.0 Å². The number of nitrogens with two attached hydrogens (primary N) is 1. The fourth-order valence-electron chi connectivity index (χ4n) is 2.59. The molecule has 1 unspecified atom stereocenters. The molecular formula is C11H17N3O2S. The lowest BCUT2D eigenvalue weighted by Crippen LogP contribution is -2.16. The van der Waals surface area contributed by atoms with Crippen LogP contribution in [0.15, 0.2) is 6.07 Å². The predicted molar refractivity (Wildman–Crippen MR) is 65.5 cm³/mol. The molecule has 1 saturated carbocycles. The molecule has 0 radical (unpaired) electrons. The van der Waals surface area contributed by atoms with E-state index in [9.17, 15) is 8.42 Å². The lowest BCUT2D eigenvalue weighted by Gasteiger charge is -2.23. The van der Waals surface area contributed by atoms with Crippen molar-refractivity contribution in [3.63, 3.8) is 0 Å². The Balaban J connectivity index is 1.85. The van der Waals surface area contributed by atoms with Gasteiger partial charge in [-0.15, -0.1) is 0 Å². The number of hydrogen-bond donors (Lipinski definition) is 1. The summed E-state index contributed by atoms with van der Waals surface area (Å²) >= 11 is 0.